The van der Waals surface area contributed by atoms with Crippen molar-refractivity contribution in [2.24, 2.45) is 0 Å². The molecule has 166 valence electrons. The minimum Gasteiger partial charge on any atom is -0.378 e. The van der Waals surface area contributed by atoms with Gasteiger partial charge in [0.25, 0.3) is 0 Å². The van der Waals surface area contributed by atoms with Gasteiger partial charge in [0.15, 0.2) is 6.10 Å². The summed E-state index contributed by atoms with van der Waals surface area (Å²) in [6.07, 6.45) is 11.9. The molecule has 0 aliphatic heterocycles. The minimum atomic E-state index is -0.686. The number of hydrogen-bond acceptors (Lipinski definition) is 7. The molecule has 0 heterocycles. The van der Waals surface area contributed by atoms with E-state index in [4.69, 9.17) is 14.5 Å². The summed E-state index contributed by atoms with van der Waals surface area (Å²) in [4.78, 5) is 41.0. The highest BCUT2D eigenvalue weighted by molar-refractivity contribution is 9.09. The molecule has 0 radical (unpaired) electrons. The van der Waals surface area contributed by atoms with E-state index in [2.05, 4.69) is 48.6 Å². The highest BCUT2D eigenvalue weighted by atomic mass is 79.9. The van der Waals surface area contributed by atoms with Gasteiger partial charge in [-0.05, 0) is 6.42 Å². The second kappa shape index (κ2) is 21.5. The van der Waals surface area contributed by atoms with Crippen LogP contribution in [-0.2, 0) is 33.9 Å². The Hall–Kier alpha value is -0.220. The number of alkyl halides is 2. The molecule has 9 heteroatoms. The molecule has 0 aromatic carbocycles. The summed E-state index contributed by atoms with van der Waals surface area (Å²) in [6.45, 7) is 2.88. The zero-order valence-corrected chi connectivity index (χ0v) is 20.0. The molecule has 0 N–H and O–H groups in total. The number of hydrogen-bond donors (Lipinski definition) is 0. The van der Waals surface area contributed by atoms with Gasteiger partial charge < -0.3 is 4.74 Å². The third-order valence-electron chi connectivity index (χ3n) is 3.85. The fraction of sp³-hybridized carbons (Fsp3) is 0.895. The van der Waals surface area contributed by atoms with E-state index in [1.54, 1.807) is 0 Å². The van der Waals surface area contributed by atoms with E-state index in [-0.39, 0.29) is 23.9 Å². The van der Waals surface area contributed by atoms with Crippen LogP contribution in [0.1, 0.15) is 71.1 Å². The molecule has 0 fully saturated rings. The Morgan fingerprint density at radius 2 is 1.29 bits per heavy atom. The Bertz CT molecular complexity index is 383. The maximum Gasteiger partial charge on any atom is 0.352 e. The number of halogens is 2. The number of carbonyl (C=O) groups is 2. The van der Waals surface area contributed by atoms with Crippen LogP contribution in [-0.4, -0.2) is 48.5 Å². The molecule has 0 saturated carbocycles. The molecule has 0 aromatic rings. The quantitative estimate of drug-likeness (QED) is 0.0939. The third-order valence-corrected chi connectivity index (χ3v) is 4.76. The molecule has 7 nitrogen and oxygen atoms in total. The number of ether oxygens (including phenoxy) is 1. The van der Waals surface area contributed by atoms with E-state index < -0.39 is 18.0 Å². The van der Waals surface area contributed by atoms with Crippen molar-refractivity contribution in [2.45, 2.75) is 77.2 Å². The minimum absolute atomic E-state index is 0.0125. The van der Waals surface area contributed by atoms with Gasteiger partial charge in [0.05, 0.1) is 6.61 Å². The smallest absolute Gasteiger partial charge is 0.352 e. The Labute approximate surface area is 185 Å². The molecule has 28 heavy (non-hydrogen) atoms. The standard InChI is InChI=1S/C19H34Br2O7/c1-2-3-4-5-6-7-8-9-10-11-12-24-15-17(26-28-19(23)14-21)16-25-27-18(22)13-20/h17H,2-16H2,1H3. The van der Waals surface area contributed by atoms with Crippen LogP contribution in [0.2, 0.25) is 0 Å². The van der Waals surface area contributed by atoms with Crippen molar-refractivity contribution in [1.82, 2.24) is 0 Å². The lowest BCUT2D eigenvalue weighted by molar-refractivity contribution is -0.339. The molecular formula is C19H34Br2O7. The average molecular weight is 534 g/mol. The monoisotopic (exact) mass is 532 g/mol. The molecule has 0 spiro atoms. The average Bonchev–Trinajstić information content (AvgIpc) is 2.71. The topological polar surface area (TPSA) is 80.3 Å². The van der Waals surface area contributed by atoms with Crippen molar-refractivity contribution in [1.29, 1.82) is 0 Å². The normalized spacial score (nSPS) is 12.0. The van der Waals surface area contributed by atoms with Crippen LogP contribution in [0.3, 0.4) is 0 Å². The first-order valence-electron chi connectivity index (χ1n) is 10.0. The van der Waals surface area contributed by atoms with Crippen molar-refractivity contribution in [3.63, 3.8) is 0 Å². The highest BCUT2D eigenvalue weighted by Crippen LogP contribution is 2.10. The van der Waals surface area contributed by atoms with Crippen molar-refractivity contribution in [2.75, 3.05) is 30.5 Å². The van der Waals surface area contributed by atoms with Gasteiger partial charge in [-0.1, -0.05) is 96.6 Å². The van der Waals surface area contributed by atoms with Crippen molar-refractivity contribution < 1.29 is 33.9 Å². The zero-order chi connectivity index (χ0) is 20.9. The summed E-state index contributed by atoms with van der Waals surface area (Å²) >= 11 is 5.92. The second-order valence-corrected chi connectivity index (χ2v) is 7.56. The summed E-state index contributed by atoms with van der Waals surface area (Å²) in [5, 5.41) is 0.0327. The Balaban J connectivity index is 3.73. The Morgan fingerprint density at radius 3 is 1.86 bits per heavy atom. The number of carbonyl (C=O) groups excluding carboxylic acids is 2. The van der Waals surface area contributed by atoms with Crippen LogP contribution >= 0.6 is 31.9 Å². The summed E-state index contributed by atoms with van der Waals surface area (Å²) in [6, 6.07) is 0. The summed E-state index contributed by atoms with van der Waals surface area (Å²) in [7, 11) is 0. The van der Waals surface area contributed by atoms with Crippen LogP contribution in [0, 0.1) is 0 Å². The van der Waals surface area contributed by atoms with Crippen LogP contribution in [0.25, 0.3) is 0 Å². The van der Waals surface area contributed by atoms with Gasteiger partial charge in [-0.2, -0.15) is 9.78 Å². The first-order chi connectivity index (χ1) is 13.6. The van der Waals surface area contributed by atoms with Crippen LogP contribution in [0.5, 0.6) is 0 Å². The largest absolute Gasteiger partial charge is 0.378 e. The molecule has 0 aromatic heterocycles. The van der Waals surface area contributed by atoms with E-state index in [1.165, 1.54) is 51.4 Å². The SMILES string of the molecule is CCCCCCCCCCCCOCC(COOC(=O)CBr)OOC(=O)CBr. The summed E-state index contributed by atoms with van der Waals surface area (Å²) in [5.41, 5.74) is 0. The first-order valence-corrected chi connectivity index (χ1v) is 12.3. The van der Waals surface area contributed by atoms with Crippen LogP contribution in [0.4, 0.5) is 0 Å². The molecule has 0 amide bonds. The van der Waals surface area contributed by atoms with Gasteiger partial charge in [0, 0.05) is 6.61 Å². The first kappa shape index (κ1) is 27.8. The predicted octanol–water partition coefficient (Wildman–Crippen LogP) is 5.03. The maximum atomic E-state index is 11.2. The van der Waals surface area contributed by atoms with Gasteiger partial charge in [-0.3, -0.25) is 9.78 Å². The Morgan fingerprint density at radius 1 is 0.750 bits per heavy atom. The van der Waals surface area contributed by atoms with Gasteiger partial charge >= 0.3 is 11.9 Å². The molecule has 0 bridgehead atoms. The molecule has 1 unspecified atom stereocenters. The maximum absolute atomic E-state index is 11.2. The predicted molar refractivity (Wildman–Crippen MR) is 113 cm³/mol. The van der Waals surface area contributed by atoms with Crippen molar-refractivity contribution in [3.8, 4) is 0 Å². The molecule has 1 atom stereocenters. The van der Waals surface area contributed by atoms with E-state index in [0.717, 1.165) is 12.8 Å². The van der Waals surface area contributed by atoms with E-state index in [1.807, 2.05) is 0 Å². The van der Waals surface area contributed by atoms with Gasteiger partial charge in [0.1, 0.15) is 17.3 Å². The molecule has 0 aliphatic rings. The fourth-order valence-corrected chi connectivity index (χ4v) is 2.54. The second-order valence-electron chi connectivity index (χ2n) is 6.44. The highest BCUT2D eigenvalue weighted by Gasteiger charge is 2.16. The van der Waals surface area contributed by atoms with Crippen molar-refractivity contribution in [3.05, 3.63) is 0 Å². The summed E-state index contributed by atoms with van der Waals surface area (Å²) in [5.74, 6) is -1.14. The number of rotatable bonds is 20. The molecule has 0 saturated heterocycles. The lowest BCUT2D eigenvalue weighted by Crippen LogP contribution is -2.28. The lowest BCUT2D eigenvalue weighted by atomic mass is 10.1. The van der Waals surface area contributed by atoms with E-state index >= 15 is 0 Å². The molecular weight excluding hydrogens is 500 g/mol. The fourth-order valence-electron chi connectivity index (χ4n) is 2.35. The molecule has 0 rings (SSSR count). The van der Waals surface area contributed by atoms with E-state index in [0.29, 0.717) is 6.61 Å². The van der Waals surface area contributed by atoms with Gasteiger partial charge in [-0.25, -0.2) is 9.59 Å². The van der Waals surface area contributed by atoms with Crippen molar-refractivity contribution >= 4 is 43.8 Å². The lowest BCUT2D eigenvalue weighted by Gasteiger charge is -2.15. The molecule has 0 aliphatic carbocycles. The Kier molecular flexibility index (Phi) is 21.3. The van der Waals surface area contributed by atoms with Gasteiger partial charge in [0.2, 0.25) is 0 Å². The summed E-state index contributed by atoms with van der Waals surface area (Å²) < 4.78 is 5.56. The number of unbranched alkanes of at least 4 members (excludes halogenated alkanes) is 9. The third kappa shape index (κ3) is 19.1. The van der Waals surface area contributed by atoms with E-state index in [9.17, 15) is 9.59 Å². The van der Waals surface area contributed by atoms with Crippen LogP contribution in [0.15, 0.2) is 0 Å². The zero-order valence-electron chi connectivity index (χ0n) is 16.8. The van der Waals surface area contributed by atoms with Crippen LogP contribution < -0.4 is 0 Å². The van der Waals surface area contributed by atoms with Gasteiger partial charge in [-0.15, -0.1) is 0 Å².